The van der Waals surface area contributed by atoms with Gasteiger partial charge in [-0.05, 0) is 38.0 Å². The minimum atomic E-state index is -4.61. The molecular weight excluding hydrogens is 383 g/mol. The maximum absolute atomic E-state index is 12.9. The Labute approximate surface area is 155 Å². The van der Waals surface area contributed by atoms with Crippen LogP contribution in [0.3, 0.4) is 0 Å². The van der Waals surface area contributed by atoms with Crippen molar-refractivity contribution in [2.75, 3.05) is 13.1 Å². The zero-order valence-electron chi connectivity index (χ0n) is 14.5. The van der Waals surface area contributed by atoms with E-state index in [2.05, 4.69) is 9.97 Å². The second-order valence-electron chi connectivity index (χ2n) is 6.21. The number of sulfonamides is 1. The van der Waals surface area contributed by atoms with Gasteiger partial charge in [0.15, 0.2) is 0 Å². The smallest absolute Gasteiger partial charge is 0.416 e. The molecule has 0 bridgehead atoms. The van der Waals surface area contributed by atoms with Crippen molar-refractivity contribution in [2.45, 2.75) is 36.9 Å². The number of aryl methyl sites for hydroxylation is 1. The summed E-state index contributed by atoms with van der Waals surface area (Å²) in [7, 11) is -4.06. The minimum absolute atomic E-state index is 0.0433. The van der Waals surface area contributed by atoms with Crippen LogP contribution in [0, 0.1) is 6.92 Å². The summed E-state index contributed by atoms with van der Waals surface area (Å²) in [6.45, 7) is 1.97. The number of benzene rings is 1. The Kier molecular flexibility index (Phi) is 5.38. The van der Waals surface area contributed by atoms with E-state index in [0.29, 0.717) is 30.6 Å². The van der Waals surface area contributed by atoms with Gasteiger partial charge in [0.05, 0.1) is 17.0 Å². The first kappa shape index (κ1) is 19.6. The van der Waals surface area contributed by atoms with E-state index < -0.39 is 27.9 Å². The van der Waals surface area contributed by atoms with Crippen molar-refractivity contribution in [3.63, 3.8) is 0 Å². The van der Waals surface area contributed by atoms with Crippen LogP contribution in [0.2, 0.25) is 0 Å². The fourth-order valence-electron chi connectivity index (χ4n) is 2.87. The molecule has 1 fully saturated rings. The van der Waals surface area contributed by atoms with Gasteiger partial charge < -0.3 is 4.74 Å². The Morgan fingerprint density at radius 3 is 2.74 bits per heavy atom. The quantitative estimate of drug-likeness (QED) is 0.788. The van der Waals surface area contributed by atoms with Gasteiger partial charge in [-0.15, -0.1) is 0 Å². The van der Waals surface area contributed by atoms with Gasteiger partial charge in [0.25, 0.3) is 0 Å². The van der Waals surface area contributed by atoms with E-state index in [4.69, 9.17) is 4.74 Å². The van der Waals surface area contributed by atoms with Gasteiger partial charge in [0.2, 0.25) is 15.9 Å². The number of hydrogen-bond donors (Lipinski definition) is 0. The second kappa shape index (κ2) is 7.43. The first-order chi connectivity index (χ1) is 12.7. The lowest BCUT2D eigenvalue weighted by Crippen LogP contribution is -2.44. The number of aromatic nitrogens is 2. The molecule has 1 aromatic carbocycles. The minimum Gasteiger partial charge on any atom is -0.473 e. The van der Waals surface area contributed by atoms with Crippen molar-refractivity contribution < 1.29 is 26.3 Å². The molecule has 1 atom stereocenters. The van der Waals surface area contributed by atoms with Gasteiger partial charge in [0, 0.05) is 18.8 Å². The summed E-state index contributed by atoms with van der Waals surface area (Å²) in [6, 6.07) is 5.35. The number of nitrogens with zero attached hydrogens (tertiary/aromatic N) is 3. The predicted octanol–water partition coefficient (Wildman–Crippen LogP) is 3.04. The molecule has 146 valence electrons. The Bertz CT molecular complexity index is 919. The molecule has 1 saturated heterocycles. The van der Waals surface area contributed by atoms with Crippen LogP contribution >= 0.6 is 0 Å². The van der Waals surface area contributed by atoms with Gasteiger partial charge in [-0.25, -0.2) is 13.4 Å². The van der Waals surface area contributed by atoms with E-state index in [-0.39, 0.29) is 18.0 Å². The third-order valence-electron chi connectivity index (χ3n) is 4.18. The first-order valence-corrected chi connectivity index (χ1v) is 9.74. The molecule has 10 heteroatoms. The molecule has 0 radical (unpaired) electrons. The largest absolute Gasteiger partial charge is 0.473 e. The summed E-state index contributed by atoms with van der Waals surface area (Å²) in [5, 5.41) is 0. The number of alkyl halides is 3. The molecule has 27 heavy (non-hydrogen) atoms. The van der Waals surface area contributed by atoms with Crippen LogP contribution < -0.4 is 4.74 Å². The number of halogens is 3. The van der Waals surface area contributed by atoms with Gasteiger partial charge in [0.1, 0.15) is 11.9 Å². The molecule has 6 nitrogen and oxygen atoms in total. The second-order valence-corrected chi connectivity index (χ2v) is 8.15. The zero-order chi connectivity index (χ0) is 19.7. The van der Waals surface area contributed by atoms with Crippen molar-refractivity contribution in [3.05, 3.63) is 47.9 Å². The summed E-state index contributed by atoms with van der Waals surface area (Å²) in [6.07, 6.45) is -2.35. The molecule has 2 aromatic rings. The lowest BCUT2D eigenvalue weighted by molar-refractivity contribution is -0.137. The van der Waals surface area contributed by atoms with Crippen LogP contribution in [0.1, 0.15) is 24.2 Å². The number of ether oxygens (including phenoxy) is 1. The van der Waals surface area contributed by atoms with Crippen LogP contribution in [-0.2, 0) is 16.2 Å². The molecule has 0 spiro atoms. The standard InChI is InChI=1S/C17H18F3N3O3S/c1-12-21-8-7-16(22-12)26-14-5-3-9-23(11-14)27(24,25)15-6-2-4-13(10-15)17(18,19)20/h2,4,6-8,10,14H,3,5,9,11H2,1H3. The summed E-state index contributed by atoms with van der Waals surface area (Å²) >= 11 is 0. The maximum atomic E-state index is 12.9. The van der Waals surface area contributed by atoms with Crippen LogP contribution in [0.5, 0.6) is 5.88 Å². The van der Waals surface area contributed by atoms with Gasteiger partial charge in [-0.2, -0.15) is 22.5 Å². The van der Waals surface area contributed by atoms with E-state index >= 15 is 0 Å². The summed E-state index contributed by atoms with van der Waals surface area (Å²) in [5.74, 6) is 0.863. The third-order valence-corrected chi connectivity index (χ3v) is 6.04. The Balaban J connectivity index is 1.78. The average Bonchev–Trinajstić information content (AvgIpc) is 2.61. The highest BCUT2D eigenvalue weighted by molar-refractivity contribution is 7.89. The highest BCUT2D eigenvalue weighted by Gasteiger charge is 2.35. The highest BCUT2D eigenvalue weighted by Crippen LogP contribution is 2.31. The molecule has 1 aromatic heterocycles. The average molecular weight is 401 g/mol. The van der Waals surface area contributed by atoms with Crippen LogP contribution in [0.15, 0.2) is 41.4 Å². The molecular formula is C17H18F3N3O3S. The summed E-state index contributed by atoms with van der Waals surface area (Å²) in [5.41, 5.74) is -0.996. The van der Waals surface area contributed by atoms with Crippen molar-refractivity contribution in [1.29, 1.82) is 0 Å². The van der Waals surface area contributed by atoms with Crippen LogP contribution in [0.4, 0.5) is 13.2 Å². The van der Waals surface area contributed by atoms with E-state index in [1.54, 1.807) is 13.0 Å². The van der Waals surface area contributed by atoms with Crippen molar-refractivity contribution in [2.24, 2.45) is 0 Å². The third kappa shape index (κ3) is 4.56. The Morgan fingerprint density at radius 2 is 2.04 bits per heavy atom. The van der Waals surface area contributed by atoms with E-state index in [0.717, 1.165) is 16.4 Å². The van der Waals surface area contributed by atoms with Crippen molar-refractivity contribution in [3.8, 4) is 5.88 Å². The van der Waals surface area contributed by atoms with E-state index in [9.17, 15) is 21.6 Å². The molecule has 1 aliphatic heterocycles. The first-order valence-electron chi connectivity index (χ1n) is 8.30. The number of hydrogen-bond acceptors (Lipinski definition) is 5. The van der Waals surface area contributed by atoms with E-state index in [1.807, 2.05) is 0 Å². The predicted molar refractivity (Wildman–Crippen MR) is 90.6 cm³/mol. The molecule has 0 aliphatic carbocycles. The normalized spacial score (nSPS) is 19.0. The fraction of sp³-hybridized carbons (Fsp3) is 0.412. The van der Waals surface area contributed by atoms with Gasteiger partial charge in [-0.1, -0.05) is 6.07 Å². The fourth-order valence-corrected chi connectivity index (χ4v) is 4.43. The van der Waals surface area contributed by atoms with Gasteiger partial charge >= 0.3 is 6.18 Å². The highest BCUT2D eigenvalue weighted by atomic mass is 32.2. The van der Waals surface area contributed by atoms with Crippen molar-refractivity contribution >= 4 is 10.0 Å². The van der Waals surface area contributed by atoms with Crippen LogP contribution in [0.25, 0.3) is 0 Å². The lowest BCUT2D eigenvalue weighted by atomic mass is 10.1. The topological polar surface area (TPSA) is 72.4 Å². The Morgan fingerprint density at radius 1 is 1.26 bits per heavy atom. The molecule has 2 heterocycles. The Hall–Kier alpha value is -2.20. The lowest BCUT2D eigenvalue weighted by Gasteiger charge is -2.32. The molecule has 1 aliphatic rings. The number of piperidine rings is 1. The molecule has 0 amide bonds. The molecule has 3 rings (SSSR count). The van der Waals surface area contributed by atoms with Gasteiger partial charge in [-0.3, -0.25) is 0 Å². The summed E-state index contributed by atoms with van der Waals surface area (Å²) in [4.78, 5) is 7.71. The van der Waals surface area contributed by atoms with Crippen molar-refractivity contribution in [1.82, 2.24) is 14.3 Å². The van der Waals surface area contributed by atoms with Crippen LogP contribution in [-0.4, -0.2) is 41.9 Å². The van der Waals surface area contributed by atoms with E-state index in [1.165, 1.54) is 12.3 Å². The number of rotatable bonds is 4. The molecule has 0 N–H and O–H groups in total. The maximum Gasteiger partial charge on any atom is 0.416 e. The monoisotopic (exact) mass is 401 g/mol. The SMILES string of the molecule is Cc1nccc(OC2CCCN(S(=O)(=O)c3cccc(C(F)(F)F)c3)C2)n1. The summed E-state index contributed by atoms with van der Waals surface area (Å²) < 4.78 is 71.2. The zero-order valence-corrected chi connectivity index (χ0v) is 15.3. The molecule has 0 saturated carbocycles. The molecule has 1 unspecified atom stereocenters.